The van der Waals surface area contributed by atoms with Gasteiger partial charge < -0.3 is 4.52 Å². The van der Waals surface area contributed by atoms with E-state index in [1.165, 1.54) is 0 Å². The van der Waals surface area contributed by atoms with E-state index in [0.29, 0.717) is 36.1 Å². The summed E-state index contributed by atoms with van der Waals surface area (Å²) in [5.74, 6) is 1.27. The van der Waals surface area contributed by atoms with Crippen molar-refractivity contribution >= 4 is 20.8 Å². The molecule has 6 nitrogen and oxygen atoms in total. The van der Waals surface area contributed by atoms with Gasteiger partial charge in [-0.1, -0.05) is 59.8 Å². The van der Waals surface area contributed by atoms with Crippen molar-refractivity contribution in [2.75, 3.05) is 13.1 Å². The number of fused-ring (bicyclic) bond motifs is 1. The summed E-state index contributed by atoms with van der Waals surface area (Å²) >= 11 is 0. The van der Waals surface area contributed by atoms with Crippen molar-refractivity contribution in [3.8, 4) is 11.4 Å². The lowest BCUT2D eigenvalue weighted by Gasteiger charge is -2.31. The minimum atomic E-state index is -3.56. The van der Waals surface area contributed by atoms with Crippen LogP contribution in [0.15, 0.2) is 76.1 Å². The third-order valence-corrected chi connectivity index (χ3v) is 8.02. The maximum Gasteiger partial charge on any atom is 0.243 e. The average molecular weight is 448 g/mol. The molecule has 32 heavy (non-hydrogen) atoms. The Morgan fingerprint density at radius 1 is 1.03 bits per heavy atom. The van der Waals surface area contributed by atoms with E-state index >= 15 is 0 Å². The fraction of sp³-hybridized carbons (Fsp3) is 0.280. The highest BCUT2D eigenvalue weighted by atomic mass is 32.2. The Balaban J connectivity index is 1.32. The first-order valence-corrected chi connectivity index (χ1v) is 12.3. The molecule has 0 amide bonds. The molecule has 0 saturated carbocycles. The molecule has 0 aliphatic carbocycles. The number of sulfonamides is 1. The van der Waals surface area contributed by atoms with Gasteiger partial charge in [-0.2, -0.15) is 9.29 Å². The van der Waals surface area contributed by atoms with Crippen LogP contribution in [-0.4, -0.2) is 36.0 Å². The van der Waals surface area contributed by atoms with Crippen LogP contribution < -0.4 is 0 Å². The first-order chi connectivity index (χ1) is 15.5. The Morgan fingerprint density at radius 3 is 2.66 bits per heavy atom. The van der Waals surface area contributed by atoms with E-state index in [9.17, 15) is 8.42 Å². The van der Waals surface area contributed by atoms with E-state index in [2.05, 4.69) is 10.1 Å². The van der Waals surface area contributed by atoms with E-state index in [1.54, 1.807) is 16.4 Å². The molecule has 164 valence electrons. The van der Waals surface area contributed by atoms with E-state index in [1.807, 2.05) is 61.5 Å². The molecule has 1 saturated heterocycles. The summed E-state index contributed by atoms with van der Waals surface area (Å²) in [5, 5.41) is 6.10. The van der Waals surface area contributed by atoms with Gasteiger partial charge in [0, 0.05) is 25.1 Å². The van der Waals surface area contributed by atoms with Crippen molar-refractivity contribution in [2.24, 2.45) is 5.92 Å². The fourth-order valence-electron chi connectivity index (χ4n) is 4.41. The number of rotatable bonds is 5. The van der Waals surface area contributed by atoms with Gasteiger partial charge in [-0.25, -0.2) is 8.42 Å². The number of benzene rings is 3. The summed E-state index contributed by atoms with van der Waals surface area (Å²) < 4.78 is 33.8. The molecule has 4 aromatic rings. The topological polar surface area (TPSA) is 76.3 Å². The minimum absolute atomic E-state index is 0.143. The van der Waals surface area contributed by atoms with Crippen LogP contribution in [-0.2, 0) is 16.4 Å². The Morgan fingerprint density at radius 2 is 1.81 bits per heavy atom. The predicted molar refractivity (Wildman–Crippen MR) is 124 cm³/mol. The smallest absolute Gasteiger partial charge is 0.243 e. The molecule has 1 aromatic heterocycles. The van der Waals surface area contributed by atoms with Gasteiger partial charge in [0.15, 0.2) is 0 Å². The highest BCUT2D eigenvalue weighted by Crippen LogP contribution is 2.28. The molecule has 1 aliphatic heterocycles. The summed E-state index contributed by atoms with van der Waals surface area (Å²) in [6.45, 7) is 3.00. The third-order valence-electron chi connectivity index (χ3n) is 6.16. The summed E-state index contributed by atoms with van der Waals surface area (Å²) in [4.78, 5) is 4.91. The molecular weight excluding hydrogens is 422 g/mol. The summed E-state index contributed by atoms with van der Waals surface area (Å²) in [5.41, 5.74) is 2.04. The van der Waals surface area contributed by atoms with Crippen LogP contribution in [0, 0.1) is 12.8 Å². The molecule has 1 atom stereocenters. The van der Waals surface area contributed by atoms with Crippen molar-refractivity contribution in [1.82, 2.24) is 14.4 Å². The molecule has 1 unspecified atom stereocenters. The number of aromatic nitrogens is 2. The van der Waals surface area contributed by atoms with Gasteiger partial charge in [-0.15, -0.1) is 0 Å². The van der Waals surface area contributed by atoms with Crippen molar-refractivity contribution in [2.45, 2.75) is 31.1 Å². The molecule has 2 heterocycles. The summed E-state index contributed by atoms with van der Waals surface area (Å²) in [6, 6.07) is 21.1. The second-order valence-corrected chi connectivity index (χ2v) is 10.3. The number of aryl methyl sites for hydroxylation is 1. The van der Waals surface area contributed by atoms with Gasteiger partial charge in [-0.05, 0) is 54.2 Å². The molecule has 3 aromatic carbocycles. The molecule has 0 bridgehead atoms. The number of nitrogens with zero attached hydrogens (tertiary/aromatic N) is 3. The second-order valence-electron chi connectivity index (χ2n) is 8.41. The Bertz CT molecular complexity index is 1360. The van der Waals surface area contributed by atoms with Crippen molar-refractivity contribution in [3.63, 3.8) is 0 Å². The zero-order chi connectivity index (χ0) is 22.1. The highest BCUT2D eigenvalue weighted by Gasteiger charge is 2.31. The quantitative estimate of drug-likeness (QED) is 0.437. The first-order valence-electron chi connectivity index (χ1n) is 10.9. The largest absolute Gasteiger partial charge is 0.339 e. The fourth-order valence-corrected chi connectivity index (χ4v) is 6.00. The number of hydrogen-bond acceptors (Lipinski definition) is 5. The molecule has 5 rings (SSSR count). The predicted octanol–water partition coefficient (Wildman–Crippen LogP) is 4.84. The van der Waals surface area contributed by atoms with Gasteiger partial charge in [0.2, 0.25) is 21.7 Å². The molecule has 1 aliphatic rings. The number of piperidine rings is 1. The molecular formula is C25H25N3O3S. The Hall–Kier alpha value is -3.03. The number of hydrogen-bond donors (Lipinski definition) is 0. The second kappa shape index (κ2) is 8.48. The Labute approximate surface area is 187 Å². The van der Waals surface area contributed by atoms with Gasteiger partial charge >= 0.3 is 0 Å². The van der Waals surface area contributed by atoms with E-state index < -0.39 is 10.0 Å². The molecule has 7 heteroatoms. The van der Waals surface area contributed by atoms with E-state index in [-0.39, 0.29) is 5.92 Å². The van der Waals surface area contributed by atoms with E-state index in [0.717, 1.165) is 34.7 Å². The van der Waals surface area contributed by atoms with Crippen molar-refractivity contribution in [3.05, 3.63) is 78.2 Å². The van der Waals surface area contributed by atoms with Crippen LogP contribution in [0.4, 0.5) is 0 Å². The lowest BCUT2D eigenvalue weighted by molar-refractivity contribution is 0.247. The van der Waals surface area contributed by atoms with Crippen LogP contribution in [0.3, 0.4) is 0 Å². The van der Waals surface area contributed by atoms with Crippen LogP contribution in [0.25, 0.3) is 22.2 Å². The normalized spacial score (nSPS) is 17.6. The highest BCUT2D eigenvalue weighted by molar-refractivity contribution is 7.89. The van der Waals surface area contributed by atoms with Crippen LogP contribution in [0.5, 0.6) is 0 Å². The van der Waals surface area contributed by atoms with Crippen LogP contribution >= 0.6 is 0 Å². The SMILES string of the molecule is Cc1ccccc1-c1noc(CC2CCCN(S(=O)(=O)c3ccc4ccccc4c3)C2)n1. The lowest BCUT2D eigenvalue weighted by Crippen LogP contribution is -2.40. The lowest BCUT2D eigenvalue weighted by atomic mass is 9.96. The zero-order valence-corrected chi connectivity index (χ0v) is 18.8. The van der Waals surface area contributed by atoms with Gasteiger partial charge in [0.05, 0.1) is 4.90 Å². The minimum Gasteiger partial charge on any atom is -0.339 e. The zero-order valence-electron chi connectivity index (χ0n) is 17.9. The Kier molecular flexibility index (Phi) is 5.53. The third kappa shape index (κ3) is 4.06. The van der Waals surface area contributed by atoms with Gasteiger partial charge in [-0.3, -0.25) is 0 Å². The first kappa shape index (κ1) is 20.8. The van der Waals surface area contributed by atoms with Gasteiger partial charge in [0.25, 0.3) is 0 Å². The molecule has 0 radical (unpaired) electrons. The standard InChI is InChI=1S/C25H25N3O3S/c1-18-7-2-5-11-23(18)25-26-24(31-27-25)15-19-8-6-14-28(17-19)32(29,30)22-13-12-20-9-3-4-10-21(20)16-22/h2-5,7,9-13,16,19H,6,8,14-15,17H2,1H3. The maximum atomic E-state index is 13.3. The monoisotopic (exact) mass is 447 g/mol. The molecule has 0 N–H and O–H groups in total. The van der Waals surface area contributed by atoms with Gasteiger partial charge in [0.1, 0.15) is 0 Å². The molecule has 1 fully saturated rings. The summed E-state index contributed by atoms with van der Waals surface area (Å²) in [7, 11) is -3.56. The van der Waals surface area contributed by atoms with Crippen LogP contribution in [0.2, 0.25) is 0 Å². The van der Waals surface area contributed by atoms with Crippen LogP contribution in [0.1, 0.15) is 24.3 Å². The van der Waals surface area contributed by atoms with Crippen molar-refractivity contribution in [1.29, 1.82) is 0 Å². The van der Waals surface area contributed by atoms with E-state index in [4.69, 9.17) is 4.52 Å². The maximum absolute atomic E-state index is 13.3. The molecule has 0 spiro atoms. The summed E-state index contributed by atoms with van der Waals surface area (Å²) in [6.07, 6.45) is 2.32. The van der Waals surface area contributed by atoms with Crippen molar-refractivity contribution < 1.29 is 12.9 Å². The average Bonchev–Trinajstić information content (AvgIpc) is 3.27.